The van der Waals surface area contributed by atoms with Crippen molar-refractivity contribution in [2.45, 2.75) is 33.0 Å². The Labute approximate surface area is 303 Å². The van der Waals surface area contributed by atoms with E-state index in [1.165, 1.54) is 22.0 Å². The van der Waals surface area contributed by atoms with Gasteiger partial charge >= 0.3 is 11.7 Å². The minimum atomic E-state index is -0.797. The molecule has 0 aliphatic rings. The van der Waals surface area contributed by atoms with Crippen molar-refractivity contribution in [1.82, 2.24) is 19.5 Å². The summed E-state index contributed by atoms with van der Waals surface area (Å²) in [6.07, 6.45) is 0.743. The number of anilines is 1. The summed E-state index contributed by atoms with van der Waals surface area (Å²) in [6, 6.07) is 28.5. The molecule has 4 aromatic carbocycles. The van der Waals surface area contributed by atoms with E-state index in [1.807, 2.05) is 56.4 Å². The first-order valence-corrected chi connectivity index (χ1v) is 16.9. The van der Waals surface area contributed by atoms with Gasteiger partial charge in [-0.15, -0.1) is 23.7 Å². The van der Waals surface area contributed by atoms with Crippen LogP contribution in [0.15, 0.2) is 113 Å². The number of rotatable bonds is 12. The van der Waals surface area contributed by atoms with Gasteiger partial charge in [0.2, 0.25) is 0 Å². The van der Waals surface area contributed by atoms with E-state index in [9.17, 15) is 14.4 Å². The molecule has 2 amide bonds. The molecule has 0 atom stereocenters. The number of urea groups is 1. The summed E-state index contributed by atoms with van der Waals surface area (Å²) in [5.41, 5.74) is 4.09. The van der Waals surface area contributed by atoms with Gasteiger partial charge in [-0.3, -0.25) is 19.1 Å². The van der Waals surface area contributed by atoms with Crippen LogP contribution in [-0.4, -0.2) is 33.7 Å². The molecule has 0 spiro atoms. The van der Waals surface area contributed by atoms with Gasteiger partial charge in [0.1, 0.15) is 16.5 Å². The van der Waals surface area contributed by atoms with Crippen LogP contribution in [0.4, 0.5) is 19.3 Å². The molecule has 0 bridgehead atoms. The molecular formula is C38H36ClF2N5O4S. The number of carbonyl (C=O) groups is 1. The largest absolute Gasteiger partial charge is 0.343 e. The fourth-order valence-corrected chi connectivity index (χ4v) is 7.04. The smallest absolute Gasteiger partial charge is 0.306 e. The summed E-state index contributed by atoms with van der Waals surface area (Å²) in [5, 5.41) is 3.00. The van der Waals surface area contributed by atoms with Gasteiger partial charge < -0.3 is 5.32 Å². The standard InChI is InChI=1S/C38H35F2N5O4S.ClH/c1-3-21-49-42-37(47)41-27-19-17-26(18-20-27)34-30(23-43(2)22-25-11-6-4-7-12-25)33-35(46)45(28-13-8-5-9-14-28)38(48)44(36(33)50-34)24-29-31(39)15-10-16-32(29)40;/h4-20H,3,21-24H2,1-2H3,(H2,41,42,47);1H. The first kappa shape index (κ1) is 37.1. The number of aromatic nitrogens is 2. The molecule has 0 radical (unpaired) electrons. The molecule has 6 aromatic rings. The van der Waals surface area contributed by atoms with Crippen molar-refractivity contribution in [2.75, 3.05) is 19.0 Å². The van der Waals surface area contributed by atoms with Gasteiger partial charge in [-0.1, -0.05) is 73.7 Å². The van der Waals surface area contributed by atoms with Crippen LogP contribution in [0.2, 0.25) is 0 Å². The molecule has 0 saturated heterocycles. The van der Waals surface area contributed by atoms with Crippen molar-refractivity contribution < 1.29 is 18.4 Å². The summed E-state index contributed by atoms with van der Waals surface area (Å²) >= 11 is 1.21. The van der Waals surface area contributed by atoms with E-state index < -0.39 is 35.5 Å². The molecule has 0 saturated carbocycles. The molecule has 0 aliphatic heterocycles. The number of benzene rings is 4. The Hall–Kier alpha value is -5.14. The summed E-state index contributed by atoms with van der Waals surface area (Å²) in [4.78, 5) is 49.1. The number of fused-ring (bicyclic) bond motifs is 1. The minimum Gasteiger partial charge on any atom is -0.306 e. The Morgan fingerprint density at radius 2 is 1.49 bits per heavy atom. The van der Waals surface area contributed by atoms with Crippen LogP contribution in [0.3, 0.4) is 0 Å². The number of amides is 2. The van der Waals surface area contributed by atoms with Gasteiger partial charge in [-0.25, -0.2) is 28.4 Å². The highest BCUT2D eigenvalue weighted by Crippen LogP contribution is 2.38. The Balaban J connectivity index is 0.00000504. The Morgan fingerprint density at radius 1 is 0.843 bits per heavy atom. The summed E-state index contributed by atoms with van der Waals surface area (Å²) < 4.78 is 32.4. The first-order valence-electron chi connectivity index (χ1n) is 16.1. The lowest BCUT2D eigenvalue weighted by atomic mass is 10.1. The summed E-state index contributed by atoms with van der Waals surface area (Å²) in [6.45, 7) is 2.76. The highest BCUT2D eigenvalue weighted by atomic mass is 35.5. The molecule has 0 unspecified atom stereocenters. The highest BCUT2D eigenvalue weighted by molar-refractivity contribution is 7.22. The number of thiophene rings is 1. The van der Waals surface area contributed by atoms with Crippen LogP contribution < -0.4 is 22.0 Å². The molecule has 2 heterocycles. The Kier molecular flexibility index (Phi) is 12.2. The third-order valence-electron chi connectivity index (χ3n) is 8.06. The number of hydrogen-bond donors (Lipinski definition) is 2. The van der Waals surface area contributed by atoms with Crippen molar-refractivity contribution in [3.05, 3.63) is 152 Å². The fourth-order valence-electron chi connectivity index (χ4n) is 5.74. The van der Waals surface area contributed by atoms with E-state index in [0.29, 0.717) is 46.3 Å². The van der Waals surface area contributed by atoms with E-state index in [-0.39, 0.29) is 23.4 Å². The quantitative estimate of drug-likeness (QED) is 0.0993. The molecule has 2 N–H and O–H groups in total. The van der Waals surface area contributed by atoms with E-state index in [1.54, 1.807) is 42.5 Å². The minimum absolute atomic E-state index is 0. The molecule has 9 nitrogen and oxygen atoms in total. The second-order valence-corrected chi connectivity index (χ2v) is 12.8. The SMILES string of the molecule is CCCONC(=O)Nc1ccc(-c2sc3c(c2CN(C)Cc2ccccc2)c(=O)n(-c2ccccc2)c(=O)n3Cc2c(F)cccc2F)cc1.Cl. The Morgan fingerprint density at radius 3 is 2.14 bits per heavy atom. The van der Waals surface area contributed by atoms with Crippen LogP contribution in [0.1, 0.15) is 30.0 Å². The van der Waals surface area contributed by atoms with E-state index in [0.717, 1.165) is 34.2 Å². The molecule has 13 heteroatoms. The maximum Gasteiger partial charge on any atom is 0.343 e. The zero-order valence-corrected chi connectivity index (χ0v) is 29.5. The summed E-state index contributed by atoms with van der Waals surface area (Å²) in [5.74, 6) is -1.59. The molecule has 51 heavy (non-hydrogen) atoms. The summed E-state index contributed by atoms with van der Waals surface area (Å²) in [7, 11) is 1.94. The monoisotopic (exact) mass is 731 g/mol. The highest BCUT2D eigenvalue weighted by Gasteiger charge is 2.25. The number of para-hydroxylation sites is 1. The van der Waals surface area contributed by atoms with Crippen LogP contribution in [0, 0.1) is 11.6 Å². The van der Waals surface area contributed by atoms with E-state index in [2.05, 4.69) is 15.7 Å². The van der Waals surface area contributed by atoms with Gasteiger partial charge in [0.05, 0.1) is 24.2 Å². The average molecular weight is 732 g/mol. The van der Waals surface area contributed by atoms with Crippen LogP contribution in [-0.2, 0) is 24.5 Å². The number of halogens is 3. The lowest BCUT2D eigenvalue weighted by Gasteiger charge is -2.18. The number of hydrogen-bond acceptors (Lipinski definition) is 6. The van der Waals surface area contributed by atoms with Gasteiger partial charge in [0.25, 0.3) is 5.56 Å². The third kappa shape index (κ3) is 8.26. The number of hydroxylamine groups is 1. The van der Waals surface area contributed by atoms with Crippen molar-refractivity contribution in [1.29, 1.82) is 0 Å². The van der Waals surface area contributed by atoms with Gasteiger partial charge in [0, 0.05) is 29.2 Å². The third-order valence-corrected chi connectivity index (χ3v) is 9.37. The number of nitrogens with zero attached hydrogens (tertiary/aromatic N) is 3. The molecule has 0 fully saturated rings. The van der Waals surface area contributed by atoms with Gasteiger partial charge in [-0.2, -0.15) is 0 Å². The van der Waals surface area contributed by atoms with Crippen LogP contribution in [0.5, 0.6) is 0 Å². The van der Waals surface area contributed by atoms with Gasteiger partial charge in [-0.05, 0) is 66.6 Å². The van der Waals surface area contributed by atoms with Crippen LogP contribution in [0.25, 0.3) is 26.3 Å². The second-order valence-electron chi connectivity index (χ2n) is 11.8. The van der Waals surface area contributed by atoms with E-state index >= 15 is 8.78 Å². The Bertz CT molecular complexity index is 2220. The average Bonchev–Trinajstić information content (AvgIpc) is 3.48. The predicted octanol–water partition coefficient (Wildman–Crippen LogP) is 7.72. The van der Waals surface area contributed by atoms with Crippen molar-refractivity contribution >= 4 is 45.7 Å². The zero-order chi connectivity index (χ0) is 35.2. The number of carbonyl (C=O) groups excluding carboxylic acids is 1. The molecule has 2 aromatic heterocycles. The lowest BCUT2D eigenvalue weighted by molar-refractivity contribution is 0.0664. The molecular weight excluding hydrogens is 696 g/mol. The fraction of sp³-hybridized carbons (Fsp3) is 0.184. The predicted molar refractivity (Wildman–Crippen MR) is 200 cm³/mol. The normalized spacial score (nSPS) is 11.1. The van der Waals surface area contributed by atoms with Crippen molar-refractivity contribution in [2.24, 2.45) is 0 Å². The first-order chi connectivity index (χ1) is 24.2. The van der Waals surface area contributed by atoms with Crippen molar-refractivity contribution in [3.63, 3.8) is 0 Å². The maximum absolute atomic E-state index is 15.0. The zero-order valence-electron chi connectivity index (χ0n) is 27.9. The van der Waals surface area contributed by atoms with Gasteiger partial charge in [0.15, 0.2) is 0 Å². The molecule has 264 valence electrons. The maximum atomic E-state index is 15.0. The molecule has 6 rings (SSSR count). The van der Waals surface area contributed by atoms with Crippen LogP contribution >= 0.6 is 23.7 Å². The lowest BCUT2D eigenvalue weighted by Crippen LogP contribution is -2.39. The second kappa shape index (κ2) is 16.7. The van der Waals surface area contributed by atoms with E-state index in [4.69, 9.17) is 4.84 Å². The molecule has 0 aliphatic carbocycles. The number of nitrogens with one attached hydrogen (secondary N) is 2. The topological polar surface area (TPSA) is 97.6 Å². The van der Waals surface area contributed by atoms with Crippen molar-refractivity contribution in [3.8, 4) is 16.1 Å².